The molecule has 0 unspecified atom stereocenters. The Kier molecular flexibility index (Phi) is 5.39. The summed E-state index contributed by atoms with van der Waals surface area (Å²) in [6.45, 7) is 0. The minimum absolute atomic E-state index is 0.242. The van der Waals surface area contributed by atoms with Gasteiger partial charge >= 0.3 is 0 Å². The summed E-state index contributed by atoms with van der Waals surface area (Å²) in [5, 5.41) is 10.9. The Morgan fingerprint density at radius 1 is 0.778 bits per heavy atom. The smallest absolute Gasteiger partial charge is 0.294 e. The molecule has 3 aromatic carbocycles. The summed E-state index contributed by atoms with van der Waals surface area (Å²) in [4.78, 5) is 12.0. The average Bonchev–Trinajstić information content (AvgIpc) is 2.67. The third-order valence-electron chi connectivity index (χ3n) is 3.58. The van der Waals surface area contributed by atoms with E-state index in [9.17, 15) is 13.2 Å². The van der Waals surface area contributed by atoms with Crippen molar-refractivity contribution in [1.82, 2.24) is 0 Å². The van der Waals surface area contributed by atoms with Gasteiger partial charge in [0.05, 0.1) is 16.3 Å². The highest BCUT2D eigenvalue weighted by Gasteiger charge is 2.10. The third kappa shape index (κ3) is 5.06. The SMILES string of the molecule is O=C(Nc1ccc(S(=O)(=O)O)cc1)c1ccc(N=Nc2ccccc2)cc1. The average molecular weight is 381 g/mol. The third-order valence-corrected chi connectivity index (χ3v) is 4.44. The molecule has 0 spiro atoms. The van der Waals surface area contributed by atoms with Crippen molar-refractivity contribution in [3.63, 3.8) is 0 Å². The molecule has 0 aromatic heterocycles. The Labute approximate surface area is 156 Å². The van der Waals surface area contributed by atoms with E-state index in [0.717, 1.165) is 5.69 Å². The number of benzene rings is 3. The molecule has 0 atom stereocenters. The highest BCUT2D eigenvalue weighted by Crippen LogP contribution is 2.19. The van der Waals surface area contributed by atoms with E-state index >= 15 is 0 Å². The summed E-state index contributed by atoms with van der Waals surface area (Å²) in [5.74, 6) is -0.360. The van der Waals surface area contributed by atoms with E-state index in [2.05, 4.69) is 15.5 Å². The fourth-order valence-corrected chi connectivity index (χ4v) is 2.68. The lowest BCUT2D eigenvalue weighted by atomic mass is 10.2. The lowest BCUT2D eigenvalue weighted by molar-refractivity contribution is 0.102. The van der Waals surface area contributed by atoms with Gasteiger partial charge in [0.25, 0.3) is 16.0 Å². The molecule has 0 aliphatic heterocycles. The second-order valence-electron chi connectivity index (χ2n) is 5.54. The van der Waals surface area contributed by atoms with Gasteiger partial charge in [0.2, 0.25) is 0 Å². The van der Waals surface area contributed by atoms with Crippen LogP contribution >= 0.6 is 0 Å². The standard InChI is InChI=1S/C19H15N3O4S/c23-19(20-15-10-12-18(13-11-15)27(24,25)26)14-6-8-17(9-7-14)22-21-16-4-2-1-3-5-16/h1-13H,(H,20,23)(H,24,25,26). The van der Waals surface area contributed by atoms with Crippen LogP contribution in [0.4, 0.5) is 17.1 Å². The maximum atomic E-state index is 12.3. The van der Waals surface area contributed by atoms with Crippen molar-refractivity contribution < 1.29 is 17.8 Å². The van der Waals surface area contributed by atoms with E-state index < -0.39 is 10.1 Å². The summed E-state index contributed by atoms with van der Waals surface area (Å²) < 4.78 is 31.0. The molecule has 0 saturated carbocycles. The number of carbonyl (C=O) groups excluding carboxylic acids is 1. The van der Waals surface area contributed by atoms with Gasteiger partial charge in [0, 0.05) is 11.3 Å². The normalized spacial score (nSPS) is 11.4. The van der Waals surface area contributed by atoms with Gasteiger partial charge < -0.3 is 5.32 Å². The van der Waals surface area contributed by atoms with Crippen molar-refractivity contribution in [2.45, 2.75) is 4.90 Å². The fraction of sp³-hybridized carbons (Fsp3) is 0. The van der Waals surface area contributed by atoms with E-state index in [4.69, 9.17) is 4.55 Å². The van der Waals surface area contributed by atoms with Gasteiger partial charge in [0.1, 0.15) is 0 Å². The summed E-state index contributed by atoms with van der Waals surface area (Å²) in [7, 11) is -4.26. The first-order valence-electron chi connectivity index (χ1n) is 7.87. The van der Waals surface area contributed by atoms with Gasteiger partial charge in [-0.1, -0.05) is 18.2 Å². The molecule has 0 bridgehead atoms. The molecule has 0 saturated heterocycles. The molecule has 136 valence electrons. The molecule has 0 aliphatic carbocycles. The first-order chi connectivity index (χ1) is 12.9. The molecular weight excluding hydrogens is 366 g/mol. The van der Waals surface area contributed by atoms with Crippen LogP contribution in [0.5, 0.6) is 0 Å². The number of hydrogen-bond donors (Lipinski definition) is 2. The molecule has 8 heteroatoms. The van der Waals surface area contributed by atoms with Gasteiger partial charge in [-0.3, -0.25) is 9.35 Å². The zero-order chi connectivity index (χ0) is 19.3. The van der Waals surface area contributed by atoms with Crippen molar-refractivity contribution in [3.05, 3.63) is 84.4 Å². The van der Waals surface area contributed by atoms with Crippen LogP contribution in [0.1, 0.15) is 10.4 Å². The van der Waals surface area contributed by atoms with Crippen LogP contribution in [-0.2, 0) is 10.1 Å². The highest BCUT2D eigenvalue weighted by atomic mass is 32.2. The lowest BCUT2D eigenvalue weighted by Gasteiger charge is -2.06. The predicted octanol–water partition coefficient (Wildman–Crippen LogP) is 4.60. The highest BCUT2D eigenvalue weighted by molar-refractivity contribution is 7.85. The van der Waals surface area contributed by atoms with Gasteiger partial charge in [-0.25, -0.2) is 0 Å². The second kappa shape index (κ2) is 7.90. The summed E-state index contributed by atoms with van der Waals surface area (Å²) in [5.41, 5.74) is 2.15. The van der Waals surface area contributed by atoms with Crippen LogP contribution < -0.4 is 5.32 Å². The Hall–Kier alpha value is -3.36. The van der Waals surface area contributed by atoms with Crippen LogP contribution in [0.25, 0.3) is 0 Å². The van der Waals surface area contributed by atoms with Crippen molar-refractivity contribution in [2.24, 2.45) is 10.2 Å². The number of nitrogens with one attached hydrogen (secondary N) is 1. The first kappa shape index (κ1) is 18.4. The van der Waals surface area contributed by atoms with E-state index in [1.54, 1.807) is 24.3 Å². The number of carbonyl (C=O) groups is 1. The molecule has 0 radical (unpaired) electrons. The zero-order valence-electron chi connectivity index (χ0n) is 14.0. The predicted molar refractivity (Wildman–Crippen MR) is 101 cm³/mol. The van der Waals surface area contributed by atoms with Gasteiger partial charge in [-0.05, 0) is 60.7 Å². The van der Waals surface area contributed by atoms with Crippen molar-refractivity contribution in [2.75, 3.05) is 5.32 Å². The number of azo groups is 1. The molecule has 0 heterocycles. The summed E-state index contributed by atoms with van der Waals surface area (Å²) in [6, 6.07) is 21.0. The molecule has 3 rings (SSSR count). The molecule has 3 aromatic rings. The fourth-order valence-electron chi connectivity index (χ4n) is 2.20. The van der Waals surface area contributed by atoms with Crippen molar-refractivity contribution in [1.29, 1.82) is 0 Å². The molecule has 0 fully saturated rings. The topological polar surface area (TPSA) is 108 Å². The number of amides is 1. The van der Waals surface area contributed by atoms with Crippen LogP contribution in [0, 0.1) is 0 Å². The largest absolute Gasteiger partial charge is 0.322 e. The van der Waals surface area contributed by atoms with Crippen LogP contribution in [0.15, 0.2) is 94.0 Å². The van der Waals surface area contributed by atoms with Crippen molar-refractivity contribution in [3.8, 4) is 0 Å². The first-order valence-corrected chi connectivity index (χ1v) is 9.31. The number of nitrogens with zero attached hydrogens (tertiary/aromatic N) is 2. The van der Waals surface area contributed by atoms with Gasteiger partial charge in [-0.15, -0.1) is 0 Å². The molecule has 2 N–H and O–H groups in total. The summed E-state index contributed by atoms with van der Waals surface area (Å²) in [6.07, 6.45) is 0. The Bertz CT molecular complexity index is 1060. The number of hydrogen-bond acceptors (Lipinski definition) is 5. The molecule has 27 heavy (non-hydrogen) atoms. The van der Waals surface area contributed by atoms with E-state index in [0.29, 0.717) is 16.9 Å². The minimum Gasteiger partial charge on any atom is -0.322 e. The number of rotatable bonds is 5. The zero-order valence-corrected chi connectivity index (χ0v) is 14.8. The molecular formula is C19H15N3O4S. The maximum Gasteiger partial charge on any atom is 0.294 e. The lowest BCUT2D eigenvalue weighted by Crippen LogP contribution is -2.11. The summed E-state index contributed by atoms with van der Waals surface area (Å²) >= 11 is 0. The van der Waals surface area contributed by atoms with Crippen LogP contribution in [0.2, 0.25) is 0 Å². The molecule has 7 nitrogen and oxygen atoms in total. The van der Waals surface area contributed by atoms with E-state index in [1.165, 1.54) is 24.3 Å². The Balaban J connectivity index is 1.66. The minimum atomic E-state index is -4.26. The van der Waals surface area contributed by atoms with Crippen LogP contribution in [0.3, 0.4) is 0 Å². The van der Waals surface area contributed by atoms with Crippen molar-refractivity contribution >= 4 is 33.1 Å². The maximum absolute atomic E-state index is 12.3. The van der Waals surface area contributed by atoms with Gasteiger partial charge in [0.15, 0.2) is 0 Å². The molecule has 0 aliphatic rings. The Morgan fingerprint density at radius 3 is 1.89 bits per heavy atom. The molecule has 1 amide bonds. The van der Waals surface area contributed by atoms with E-state index in [-0.39, 0.29) is 10.8 Å². The van der Waals surface area contributed by atoms with Crippen LogP contribution in [-0.4, -0.2) is 18.9 Å². The second-order valence-corrected chi connectivity index (χ2v) is 6.96. The monoisotopic (exact) mass is 381 g/mol. The Morgan fingerprint density at radius 2 is 1.33 bits per heavy atom. The number of anilines is 1. The quantitative estimate of drug-likeness (QED) is 0.497. The van der Waals surface area contributed by atoms with Gasteiger partial charge in [-0.2, -0.15) is 18.6 Å². The van der Waals surface area contributed by atoms with E-state index in [1.807, 2.05) is 30.3 Å².